The molecule has 1 aliphatic rings. The van der Waals surface area contributed by atoms with E-state index >= 15 is 0 Å². The van der Waals surface area contributed by atoms with Gasteiger partial charge in [-0.05, 0) is 30.7 Å². The number of carbonyl (C=O) groups is 1. The minimum Gasteiger partial charge on any atom is -0.383 e. The standard InChI is InChI=1S/C13H19N3O4S/c1-20-9-12(14)13(17)15-10-3-5-11(6-4-10)16-7-2-8-21(16,18)19/h3-6,12H,2,7-9,14H2,1H3,(H,15,17). The number of nitrogens with two attached hydrogens (primary N) is 1. The Labute approximate surface area is 124 Å². The molecule has 1 aliphatic heterocycles. The second-order valence-electron chi connectivity index (χ2n) is 4.84. The molecular weight excluding hydrogens is 294 g/mol. The van der Waals surface area contributed by atoms with E-state index in [9.17, 15) is 13.2 Å². The maximum atomic E-state index is 11.8. The fourth-order valence-electron chi connectivity index (χ4n) is 2.13. The van der Waals surface area contributed by atoms with Gasteiger partial charge in [-0.25, -0.2) is 8.42 Å². The molecule has 1 fully saturated rings. The van der Waals surface area contributed by atoms with E-state index in [0.717, 1.165) is 0 Å². The molecule has 1 aromatic carbocycles. The van der Waals surface area contributed by atoms with Crippen molar-refractivity contribution in [3.8, 4) is 0 Å². The summed E-state index contributed by atoms with van der Waals surface area (Å²) < 4.78 is 29.8. The number of benzene rings is 1. The van der Waals surface area contributed by atoms with Gasteiger partial charge in [-0.2, -0.15) is 0 Å². The predicted octanol–water partition coefficient (Wildman–Crippen LogP) is 0.139. The SMILES string of the molecule is COCC(N)C(=O)Nc1ccc(N2CCCS2(=O)=O)cc1. The highest BCUT2D eigenvalue weighted by atomic mass is 32.2. The Morgan fingerprint density at radius 3 is 2.62 bits per heavy atom. The van der Waals surface area contributed by atoms with Crippen molar-refractivity contribution in [1.82, 2.24) is 0 Å². The van der Waals surface area contributed by atoms with Crippen molar-refractivity contribution in [2.75, 3.05) is 35.6 Å². The summed E-state index contributed by atoms with van der Waals surface area (Å²) in [6, 6.07) is 5.90. The van der Waals surface area contributed by atoms with E-state index in [0.29, 0.717) is 24.3 Å². The Morgan fingerprint density at radius 2 is 2.10 bits per heavy atom. The number of carbonyl (C=O) groups excluding carboxylic acids is 1. The van der Waals surface area contributed by atoms with E-state index in [1.165, 1.54) is 11.4 Å². The number of amides is 1. The minimum absolute atomic E-state index is 0.135. The average Bonchev–Trinajstić information content (AvgIpc) is 2.79. The number of nitrogens with one attached hydrogen (secondary N) is 1. The fourth-order valence-corrected chi connectivity index (χ4v) is 3.70. The normalized spacial score (nSPS) is 18.5. The molecule has 116 valence electrons. The Balaban J connectivity index is 2.04. The summed E-state index contributed by atoms with van der Waals surface area (Å²) in [7, 11) is -1.72. The number of methoxy groups -OCH3 is 1. The van der Waals surface area contributed by atoms with Gasteiger partial charge in [0.05, 0.1) is 18.0 Å². The van der Waals surface area contributed by atoms with Gasteiger partial charge in [0.25, 0.3) is 0 Å². The number of hydrogen-bond acceptors (Lipinski definition) is 5. The lowest BCUT2D eigenvalue weighted by molar-refractivity contribution is -0.118. The lowest BCUT2D eigenvalue weighted by Crippen LogP contribution is -2.39. The van der Waals surface area contributed by atoms with E-state index in [1.54, 1.807) is 24.3 Å². The van der Waals surface area contributed by atoms with Crippen LogP contribution in [0.15, 0.2) is 24.3 Å². The van der Waals surface area contributed by atoms with Crippen molar-refractivity contribution in [2.45, 2.75) is 12.5 Å². The van der Waals surface area contributed by atoms with Crippen molar-refractivity contribution in [3.63, 3.8) is 0 Å². The molecule has 1 atom stereocenters. The first-order valence-corrected chi connectivity index (χ1v) is 8.21. The molecule has 0 bridgehead atoms. The number of sulfonamides is 1. The van der Waals surface area contributed by atoms with Gasteiger partial charge in [0.1, 0.15) is 6.04 Å². The molecule has 21 heavy (non-hydrogen) atoms. The van der Waals surface area contributed by atoms with E-state index in [4.69, 9.17) is 10.5 Å². The molecule has 0 spiro atoms. The van der Waals surface area contributed by atoms with Gasteiger partial charge < -0.3 is 15.8 Å². The van der Waals surface area contributed by atoms with Crippen LogP contribution in [0.3, 0.4) is 0 Å². The molecule has 2 rings (SSSR count). The fraction of sp³-hybridized carbons (Fsp3) is 0.462. The van der Waals surface area contributed by atoms with Gasteiger partial charge in [-0.1, -0.05) is 0 Å². The molecule has 0 aliphatic carbocycles. The number of nitrogens with zero attached hydrogens (tertiary/aromatic N) is 1. The molecule has 7 nitrogen and oxygen atoms in total. The molecule has 1 heterocycles. The first kappa shape index (κ1) is 15.7. The molecule has 0 aromatic heterocycles. The molecule has 1 amide bonds. The van der Waals surface area contributed by atoms with Gasteiger partial charge in [0.15, 0.2) is 0 Å². The van der Waals surface area contributed by atoms with Crippen molar-refractivity contribution < 1.29 is 17.9 Å². The smallest absolute Gasteiger partial charge is 0.243 e. The molecule has 1 aromatic rings. The van der Waals surface area contributed by atoms with Crippen molar-refractivity contribution in [3.05, 3.63) is 24.3 Å². The van der Waals surface area contributed by atoms with Crippen LogP contribution < -0.4 is 15.4 Å². The highest BCUT2D eigenvalue weighted by molar-refractivity contribution is 7.93. The van der Waals surface area contributed by atoms with Gasteiger partial charge in [0.2, 0.25) is 15.9 Å². The molecule has 8 heteroatoms. The third-order valence-corrected chi connectivity index (χ3v) is 5.07. The van der Waals surface area contributed by atoms with Gasteiger partial charge in [-0.3, -0.25) is 9.10 Å². The summed E-state index contributed by atoms with van der Waals surface area (Å²) >= 11 is 0. The van der Waals surface area contributed by atoms with Gasteiger partial charge >= 0.3 is 0 Å². The quantitative estimate of drug-likeness (QED) is 0.805. The van der Waals surface area contributed by atoms with Gasteiger partial charge in [-0.15, -0.1) is 0 Å². The van der Waals surface area contributed by atoms with Crippen LogP contribution in [0.25, 0.3) is 0 Å². The molecule has 3 N–H and O–H groups in total. The molecule has 0 saturated carbocycles. The second-order valence-corrected chi connectivity index (χ2v) is 6.85. The Bertz CT molecular complexity index is 600. The Morgan fingerprint density at radius 1 is 1.43 bits per heavy atom. The largest absolute Gasteiger partial charge is 0.383 e. The number of ether oxygens (including phenoxy) is 1. The number of rotatable bonds is 5. The Hall–Kier alpha value is -1.64. The van der Waals surface area contributed by atoms with Crippen molar-refractivity contribution in [2.24, 2.45) is 5.73 Å². The molecule has 1 saturated heterocycles. The van der Waals surface area contributed by atoms with Crippen LogP contribution in [0.2, 0.25) is 0 Å². The first-order valence-electron chi connectivity index (χ1n) is 6.60. The van der Waals surface area contributed by atoms with Crippen LogP contribution in [-0.2, 0) is 19.6 Å². The monoisotopic (exact) mass is 313 g/mol. The third kappa shape index (κ3) is 3.72. The van der Waals surface area contributed by atoms with Crippen molar-refractivity contribution in [1.29, 1.82) is 0 Å². The highest BCUT2D eigenvalue weighted by Gasteiger charge is 2.28. The van der Waals surface area contributed by atoms with Crippen LogP contribution in [0.1, 0.15) is 6.42 Å². The summed E-state index contributed by atoms with van der Waals surface area (Å²) in [5.74, 6) is -0.171. The zero-order valence-corrected chi connectivity index (χ0v) is 12.6. The van der Waals surface area contributed by atoms with E-state index < -0.39 is 16.1 Å². The van der Waals surface area contributed by atoms with E-state index in [1.807, 2.05) is 0 Å². The molecular formula is C13H19N3O4S. The zero-order chi connectivity index (χ0) is 15.5. The predicted molar refractivity (Wildman–Crippen MR) is 80.7 cm³/mol. The molecule has 1 unspecified atom stereocenters. The topological polar surface area (TPSA) is 102 Å². The zero-order valence-electron chi connectivity index (χ0n) is 11.8. The second kappa shape index (κ2) is 6.42. The van der Waals surface area contributed by atoms with E-state index in [-0.39, 0.29) is 18.3 Å². The minimum atomic E-state index is -3.19. The lowest BCUT2D eigenvalue weighted by atomic mass is 10.2. The average molecular weight is 313 g/mol. The highest BCUT2D eigenvalue weighted by Crippen LogP contribution is 2.25. The van der Waals surface area contributed by atoms with Gasteiger partial charge in [0, 0.05) is 19.3 Å². The number of anilines is 2. The summed E-state index contributed by atoms with van der Waals surface area (Å²) in [5.41, 5.74) is 6.78. The molecule has 0 radical (unpaired) electrons. The first-order chi connectivity index (χ1) is 9.94. The maximum absolute atomic E-state index is 11.8. The van der Waals surface area contributed by atoms with Crippen LogP contribution in [-0.4, -0.2) is 46.4 Å². The van der Waals surface area contributed by atoms with Crippen molar-refractivity contribution >= 4 is 27.3 Å². The van der Waals surface area contributed by atoms with Crippen LogP contribution in [0, 0.1) is 0 Å². The van der Waals surface area contributed by atoms with Crippen LogP contribution in [0.5, 0.6) is 0 Å². The number of hydrogen-bond donors (Lipinski definition) is 2. The van der Waals surface area contributed by atoms with Crippen LogP contribution in [0.4, 0.5) is 11.4 Å². The summed E-state index contributed by atoms with van der Waals surface area (Å²) in [5, 5.41) is 2.65. The Kier molecular flexibility index (Phi) is 4.81. The third-order valence-electron chi connectivity index (χ3n) is 3.21. The maximum Gasteiger partial charge on any atom is 0.243 e. The lowest BCUT2D eigenvalue weighted by Gasteiger charge is -2.17. The van der Waals surface area contributed by atoms with E-state index in [2.05, 4.69) is 5.32 Å². The summed E-state index contributed by atoms with van der Waals surface area (Å²) in [4.78, 5) is 11.7. The summed E-state index contributed by atoms with van der Waals surface area (Å²) in [6.45, 7) is 0.628. The summed E-state index contributed by atoms with van der Waals surface area (Å²) in [6.07, 6.45) is 0.632. The van der Waals surface area contributed by atoms with Crippen LogP contribution >= 0.6 is 0 Å².